The number of hydrogen-bond acceptors (Lipinski definition) is 6. The molecule has 4 atom stereocenters. The number of ether oxygens (including phenoxy) is 3. The summed E-state index contributed by atoms with van der Waals surface area (Å²) < 4.78 is 16.8. The molecule has 6 heteroatoms. The third-order valence-electron chi connectivity index (χ3n) is 5.61. The lowest BCUT2D eigenvalue weighted by Crippen LogP contribution is -2.53. The fourth-order valence-corrected chi connectivity index (χ4v) is 4.73. The summed E-state index contributed by atoms with van der Waals surface area (Å²) in [6.45, 7) is 3.60. The molecule has 0 bridgehead atoms. The van der Waals surface area contributed by atoms with Crippen molar-refractivity contribution in [2.45, 2.75) is 44.0 Å². The largest absolute Gasteiger partial charge is 0.460 e. The van der Waals surface area contributed by atoms with E-state index in [2.05, 4.69) is 23.1 Å². The first-order chi connectivity index (χ1) is 11.6. The van der Waals surface area contributed by atoms with Gasteiger partial charge in [0, 0.05) is 32.0 Å². The highest BCUT2D eigenvalue weighted by atomic mass is 16.7. The minimum Gasteiger partial charge on any atom is -0.460 e. The van der Waals surface area contributed by atoms with Crippen molar-refractivity contribution in [2.75, 3.05) is 13.3 Å². The summed E-state index contributed by atoms with van der Waals surface area (Å²) in [4.78, 5) is 14.1. The van der Waals surface area contributed by atoms with Gasteiger partial charge in [0.25, 0.3) is 0 Å². The number of carbonyl (C=O) groups is 1. The molecule has 3 heterocycles. The van der Waals surface area contributed by atoms with Crippen LogP contribution in [0.3, 0.4) is 0 Å². The average Bonchev–Trinajstić information content (AvgIpc) is 3.15. The van der Waals surface area contributed by atoms with Crippen LogP contribution in [0.25, 0.3) is 0 Å². The summed E-state index contributed by atoms with van der Waals surface area (Å²) in [6.07, 6.45) is 2.78. The first-order valence-electron chi connectivity index (χ1n) is 8.41. The average molecular weight is 328 g/mol. The fourth-order valence-electron chi connectivity index (χ4n) is 4.73. The number of hydrogen-bond donors (Lipinski definition) is 1. The molecule has 1 unspecified atom stereocenters. The molecule has 1 aromatic carbocycles. The predicted octanol–water partition coefficient (Wildman–Crippen LogP) is 1.29. The lowest BCUT2D eigenvalue weighted by molar-refractivity contribution is -0.149. The van der Waals surface area contributed by atoms with Crippen molar-refractivity contribution >= 4 is 5.97 Å². The Morgan fingerprint density at radius 3 is 2.92 bits per heavy atom. The Morgan fingerprint density at radius 2 is 2.12 bits per heavy atom. The van der Waals surface area contributed by atoms with Gasteiger partial charge >= 0.3 is 5.97 Å². The number of fused-ring (bicyclic) bond motifs is 3. The Hall–Kier alpha value is -2.05. The number of rotatable bonds is 1. The summed E-state index contributed by atoms with van der Waals surface area (Å²) in [5.41, 5.74) is 10.1. The van der Waals surface area contributed by atoms with Gasteiger partial charge in [0.2, 0.25) is 6.79 Å². The van der Waals surface area contributed by atoms with Gasteiger partial charge in [-0.3, -0.25) is 9.69 Å². The van der Waals surface area contributed by atoms with Crippen LogP contribution < -0.4 is 15.2 Å². The Balaban J connectivity index is 1.66. The lowest BCUT2D eigenvalue weighted by atomic mass is 9.72. The Kier molecular flexibility index (Phi) is 2.96. The van der Waals surface area contributed by atoms with Crippen LogP contribution in [0.2, 0.25) is 0 Å². The van der Waals surface area contributed by atoms with Crippen molar-refractivity contribution in [1.82, 2.24) is 4.90 Å². The van der Waals surface area contributed by atoms with E-state index in [4.69, 9.17) is 19.9 Å². The maximum atomic E-state index is 11.7. The van der Waals surface area contributed by atoms with Crippen LogP contribution >= 0.6 is 0 Å². The van der Waals surface area contributed by atoms with E-state index in [-0.39, 0.29) is 36.9 Å². The van der Waals surface area contributed by atoms with Crippen LogP contribution in [-0.2, 0) is 16.1 Å². The molecule has 1 fully saturated rings. The van der Waals surface area contributed by atoms with E-state index in [9.17, 15) is 4.79 Å². The molecule has 6 nitrogen and oxygen atoms in total. The van der Waals surface area contributed by atoms with Gasteiger partial charge in [0.15, 0.2) is 11.5 Å². The van der Waals surface area contributed by atoms with Gasteiger partial charge in [-0.25, -0.2) is 0 Å². The third-order valence-corrected chi connectivity index (χ3v) is 5.61. The summed E-state index contributed by atoms with van der Waals surface area (Å²) in [5, 5.41) is 0. The standard InChI is InChI=1S/C18H20N2O4/c1-9(21)24-18-13(19)4-10-2-3-20-7-11-5-14-15(23-8-22-14)6-12(11)16(18)17(10)20/h4-6,13,16-18H,2-3,7-8,19H2,1H3/t13-,16-,17?,18+/m0/s1. The monoisotopic (exact) mass is 328 g/mol. The lowest BCUT2D eigenvalue weighted by Gasteiger charge is -2.45. The highest BCUT2D eigenvalue weighted by molar-refractivity contribution is 5.67. The molecule has 5 rings (SSSR count). The van der Waals surface area contributed by atoms with Gasteiger partial charge in [0.1, 0.15) is 6.10 Å². The zero-order chi connectivity index (χ0) is 16.4. The van der Waals surface area contributed by atoms with Crippen LogP contribution in [0.1, 0.15) is 30.4 Å². The number of carbonyl (C=O) groups excluding carboxylic acids is 1. The van der Waals surface area contributed by atoms with Crippen LogP contribution in [-0.4, -0.2) is 42.4 Å². The molecule has 4 aliphatic rings. The van der Waals surface area contributed by atoms with E-state index in [1.54, 1.807) is 0 Å². The maximum Gasteiger partial charge on any atom is 0.302 e. The summed E-state index contributed by atoms with van der Waals surface area (Å²) >= 11 is 0. The summed E-state index contributed by atoms with van der Waals surface area (Å²) in [6, 6.07) is 4.12. The topological polar surface area (TPSA) is 74.0 Å². The van der Waals surface area contributed by atoms with Crippen molar-refractivity contribution in [3.8, 4) is 11.5 Å². The van der Waals surface area contributed by atoms with Gasteiger partial charge in [-0.15, -0.1) is 0 Å². The van der Waals surface area contributed by atoms with Crippen LogP contribution in [0, 0.1) is 0 Å². The zero-order valence-electron chi connectivity index (χ0n) is 13.5. The number of benzene rings is 1. The smallest absolute Gasteiger partial charge is 0.302 e. The fraction of sp³-hybridized carbons (Fsp3) is 0.500. The molecule has 24 heavy (non-hydrogen) atoms. The molecule has 0 spiro atoms. The van der Waals surface area contributed by atoms with Crippen molar-refractivity contribution in [2.24, 2.45) is 5.73 Å². The molecule has 126 valence electrons. The Bertz CT molecular complexity index is 760. The zero-order valence-corrected chi connectivity index (χ0v) is 13.5. The van der Waals surface area contributed by atoms with E-state index in [1.165, 1.54) is 23.6 Å². The molecule has 1 aromatic rings. The molecule has 0 saturated carbocycles. The van der Waals surface area contributed by atoms with Crippen LogP contribution in [0.15, 0.2) is 23.8 Å². The second-order valence-corrected chi connectivity index (χ2v) is 6.99. The predicted molar refractivity (Wildman–Crippen MR) is 85.7 cm³/mol. The summed E-state index contributed by atoms with van der Waals surface area (Å²) in [5.74, 6) is 1.33. The number of esters is 1. The minimum atomic E-state index is -0.351. The van der Waals surface area contributed by atoms with E-state index in [1.807, 2.05) is 0 Å². The number of nitrogens with two attached hydrogens (primary N) is 1. The van der Waals surface area contributed by atoms with E-state index in [0.29, 0.717) is 0 Å². The molecule has 3 aliphatic heterocycles. The van der Waals surface area contributed by atoms with Gasteiger partial charge in [0.05, 0.1) is 6.04 Å². The molecule has 0 radical (unpaired) electrons. The first kappa shape index (κ1) is 14.3. The van der Waals surface area contributed by atoms with Crippen molar-refractivity contribution in [3.63, 3.8) is 0 Å². The Labute approximate surface area is 140 Å². The second-order valence-electron chi connectivity index (χ2n) is 6.99. The highest BCUT2D eigenvalue weighted by Crippen LogP contribution is 2.50. The quantitative estimate of drug-likeness (QED) is 0.618. The molecule has 1 saturated heterocycles. The van der Waals surface area contributed by atoms with Gasteiger partial charge < -0.3 is 19.9 Å². The summed E-state index contributed by atoms with van der Waals surface area (Å²) in [7, 11) is 0. The number of nitrogens with zero attached hydrogens (tertiary/aromatic N) is 1. The maximum absolute atomic E-state index is 11.7. The minimum absolute atomic E-state index is 0.0460. The molecule has 0 amide bonds. The van der Waals surface area contributed by atoms with Crippen LogP contribution in [0.5, 0.6) is 11.5 Å². The van der Waals surface area contributed by atoms with Gasteiger partial charge in [-0.05, 0) is 29.7 Å². The molecule has 1 aliphatic carbocycles. The van der Waals surface area contributed by atoms with E-state index >= 15 is 0 Å². The van der Waals surface area contributed by atoms with Gasteiger partial charge in [-0.2, -0.15) is 0 Å². The van der Waals surface area contributed by atoms with E-state index in [0.717, 1.165) is 31.0 Å². The molecule has 0 aromatic heterocycles. The van der Waals surface area contributed by atoms with Crippen molar-refractivity contribution in [3.05, 3.63) is 34.9 Å². The van der Waals surface area contributed by atoms with Crippen LogP contribution in [0.4, 0.5) is 0 Å². The van der Waals surface area contributed by atoms with Crippen molar-refractivity contribution in [1.29, 1.82) is 0 Å². The molecular formula is C18H20N2O4. The van der Waals surface area contributed by atoms with Crippen molar-refractivity contribution < 1.29 is 19.0 Å². The first-order valence-corrected chi connectivity index (χ1v) is 8.41. The van der Waals surface area contributed by atoms with Gasteiger partial charge in [-0.1, -0.05) is 11.6 Å². The molecular weight excluding hydrogens is 308 g/mol. The normalized spacial score (nSPS) is 32.8. The third kappa shape index (κ3) is 1.93. The SMILES string of the molecule is CC(=O)O[C@@H]1[C@@H](N)C=C2CCN3Cc4cc5c(cc4[C@H]1C23)OCO5. The second kappa shape index (κ2) is 4.97. The Morgan fingerprint density at radius 1 is 1.33 bits per heavy atom. The van der Waals surface area contributed by atoms with E-state index < -0.39 is 0 Å². The molecule has 2 N–H and O–H groups in total. The highest BCUT2D eigenvalue weighted by Gasteiger charge is 2.50.